The second kappa shape index (κ2) is 6.10. The Bertz CT molecular complexity index is 948. The van der Waals surface area contributed by atoms with Gasteiger partial charge in [0.15, 0.2) is 0 Å². The van der Waals surface area contributed by atoms with E-state index in [4.69, 9.17) is 9.31 Å². The van der Waals surface area contributed by atoms with Gasteiger partial charge in [-0.05, 0) is 56.9 Å². The van der Waals surface area contributed by atoms with Crippen molar-refractivity contribution in [3.05, 3.63) is 78.4 Å². The van der Waals surface area contributed by atoms with Gasteiger partial charge in [0.25, 0.3) is 0 Å². The summed E-state index contributed by atoms with van der Waals surface area (Å²) in [6.45, 7) is 8.40. The summed E-state index contributed by atoms with van der Waals surface area (Å²) in [7, 11) is -0.331. The minimum absolute atomic E-state index is 0.302. The lowest BCUT2D eigenvalue weighted by Crippen LogP contribution is -2.41. The summed E-state index contributed by atoms with van der Waals surface area (Å²) in [4.78, 5) is 2.44. The molecule has 2 aliphatic heterocycles. The van der Waals surface area contributed by atoms with Crippen LogP contribution in [0.1, 0.15) is 39.2 Å². The van der Waals surface area contributed by atoms with E-state index in [0.717, 1.165) is 5.46 Å². The Hall–Kier alpha value is -2.30. The lowest BCUT2D eigenvalue weighted by atomic mass is 9.77. The minimum Gasteiger partial charge on any atom is -0.399 e. The van der Waals surface area contributed by atoms with E-state index in [2.05, 4.69) is 105 Å². The molecule has 2 atom stereocenters. The average molecular weight is 371 g/mol. The van der Waals surface area contributed by atoms with Crippen molar-refractivity contribution in [1.82, 2.24) is 0 Å². The monoisotopic (exact) mass is 371 g/mol. The third-order valence-corrected chi connectivity index (χ3v) is 6.63. The number of benzene rings is 2. The van der Waals surface area contributed by atoms with Gasteiger partial charge in [0, 0.05) is 17.3 Å². The molecule has 28 heavy (non-hydrogen) atoms. The number of anilines is 2. The van der Waals surface area contributed by atoms with Crippen LogP contribution in [0.3, 0.4) is 0 Å². The van der Waals surface area contributed by atoms with Gasteiger partial charge in [0.1, 0.15) is 0 Å². The SMILES string of the molecule is CC1(C)OB(c2ccc3c(c2)C2C=CC=CC2N3c2ccccc2)OC1(C)C. The molecule has 1 saturated heterocycles. The number of fused-ring (bicyclic) bond motifs is 3. The molecule has 1 fully saturated rings. The molecule has 0 aromatic heterocycles. The molecule has 0 saturated carbocycles. The number of allylic oxidation sites excluding steroid dienone is 2. The predicted molar refractivity (Wildman–Crippen MR) is 116 cm³/mol. The third-order valence-electron chi connectivity index (χ3n) is 6.63. The normalized spacial score (nSPS) is 26.4. The molecule has 2 heterocycles. The summed E-state index contributed by atoms with van der Waals surface area (Å²) >= 11 is 0. The molecular formula is C24H26BNO2. The standard InChI is InChI=1S/C24H26BNO2/c1-23(2)24(3,4)28-25(27-23)17-14-15-22-20(16-17)19-12-8-9-13-21(19)26(22)18-10-6-5-7-11-18/h5-16,19,21H,1-4H3. The zero-order chi connectivity index (χ0) is 19.5. The van der Waals surface area contributed by atoms with Crippen LogP contribution in [-0.2, 0) is 9.31 Å². The van der Waals surface area contributed by atoms with Crippen molar-refractivity contribution >= 4 is 24.0 Å². The molecule has 1 aliphatic carbocycles. The molecule has 4 heteroatoms. The fraction of sp³-hybridized carbons (Fsp3) is 0.333. The molecule has 0 amide bonds. The molecule has 3 aliphatic rings. The number of para-hydroxylation sites is 1. The fourth-order valence-corrected chi connectivity index (χ4v) is 4.38. The molecule has 0 bridgehead atoms. The van der Waals surface area contributed by atoms with Crippen molar-refractivity contribution < 1.29 is 9.31 Å². The zero-order valence-corrected chi connectivity index (χ0v) is 16.9. The van der Waals surface area contributed by atoms with Gasteiger partial charge in [-0.25, -0.2) is 0 Å². The van der Waals surface area contributed by atoms with Crippen LogP contribution in [0.2, 0.25) is 0 Å². The highest BCUT2D eigenvalue weighted by Gasteiger charge is 2.52. The largest absolute Gasteiger partial charge is 0.494 e. The van der Waals surface area contributed by atoms with Crippen LogP contribution in [-0.4, -0.2) is 24.4 Å². The van der Waals surface area contributed by atoms with Crippen LogP contribution >= 0.6 is 0 Å². The maximum Gasteiger partial charge on any atom is 0.494 e. The van der Waals surface area contributed by atoms with Crippen LogP contribution in [0, 0.1) is 0 Å². The topological polar surface area (TPSA) is 21.7 Å². The van der Waals surface area contributed by atoms with Gasteiger partial charge in [-0.3, -0.25) is 0 Å². The highest BCUT2D eigenvalue weighted by Crippen LogP contribution is 2.47. The quantitative estimate of drug-likeness (QED) is 0.714. The first-order valence-electron chi connectivity index (χ1n) is 10.1. The molecule has 2 aromatic carbocycles. The van der Waals surface area contributed by atoms with Crippen LogP contribution < -0.4 is 10.4 Å². The maximum atomic E-state index is 6.29. The molecule has 2 aromatic rings. The van der Waals surface area contributed by atoms with E-state index < -0.39 is 0 Å². The van der Waals surface area contributed by atoms with Gasteiger partial charge in [-0.2, -0.15) is 0 Å². The van der Waals surface area contributed by atoms with E-state index in [9.17, 15) is 0 Å². The molecule has 142 valence electrons. The number of rotatable bonds is 2. The first-order chi connectivity index (χ1) is 13.4. The first-order valence-corrected chi connectivity index (χ1v) is 10.1. The minimum atomic E-state index is -0.331. The molecule has 5 rings (SSSR count). The summed E-state index contributed by atoms with van der Waals surface area (Å²) in [5.74, 6) is 0.336. The molecule has 2 unspecified atom stereocenters. The summed E-state index contributed by atoms with van der Waals surface area (Å²) in [5, 5.41) is 0. The summed E-state index contributed by atoms with van der Waals surface area (Å²) in [6, 6.07) is 17.6. The summed E-state index contributed by atoms with van der Waals surface area (Å²) < 4.78 is 12.6. The van der Waals surface area contributed by atoms with Crippen LogP contribution in [0.4, 0.5) is 11.4 Å². The van der Waals surface area contributed by atoms with Crippen LogP contribution in [0.5, 0.6) is 0 Å². The van der Waals surface area contributed by atoms with E-state index in [0.29, 0.717) is 12.0 Å². The van der Waals surface area contributed by atoms with Gasteiger partial charge in [-0.1, -0.05) is 54.6 Å². The zero-order valence-electron chi connectivity index (χ0n) is 16.9. The lowest BCUT2D eigenvalue weighted by Gasteiger charge is -2.32. The third kappa shape index (κ3) is 2.59. The van der Waals surface area contributed by atoms with Crippen molar-refractivity contribution in [2.75, 3.05) is 4.90 Å². The van der Waals surface area contributed by atoms with E-state index in [1.807, 2.05) is 0 Å². The van der Waals surface area contributed by atoms with Gasteiger partial charge >= 0.3 is 7.12 Å². The van der Waals surface area contributed by atoms with Crippen molar-refractivity contribution in [2.45, 2.75) is 50.9 Å². The Balaban J connectivity index is 1.57. The fourth-order valence-electron chi connectivity index (χ4n) is 4.38. The number of hydrogen-bond donors (Lipinski definition) is 0. The van der Waals surface area contributed by atoms with Gasteiger partial charge in [0.2, 0.25) is 0 Å². The molecule has 3 nitrogen and oxygen atoms in total. The molecule has 0 spiro atoms. The molecular weight excluding hydrogens is 345 g/mol. The predicted octanol–water partition coefficient (Wildman–Crippen LogP) is 4.72. The molecule has 0 N–H and O–H groups in total. The van der Waals surface area contributed by atoms with Gasteiger partial charge < -0.3 is 14.2 Å². The Morgan fingerprint density at radius 3 is 2.25 bits per heavy atom. The van der Waals surface area contributed by atoms with Crippen molar-refractivity contribution in [2.24, 2.45) is 0 Å². The van der Waals surface area contributed by atoms with Crippen LogP contribution in [0.25, 0.3) is 0 Å². The smallest absolute Gasteiger partial charge is 0.399 e. The second-order valence-electron chi connectivity index (χ2n) is 8.90. The van der Waals surface area contributed by atoms with E-state index in [1.54, 1.807) is 0 Å². The maximum absolute atomic E-state index is 6.29. The highest BCUT2D eigenvalue weighted by atomic mass is 16.7. The van der Waals surface area contributed by atoms with Crippen molar-refractivity contribution in [1.29, 1.82) is 0 Å². The summed E-state index contributed by atoms with van der Waals surface area (Å²) in [5.41, 5.74) is 4.25. The lowest BCUT2D eigenvalue weighted by molar-refractivity contribution is 0.00578. The highest BCUT2D eigenvalue weighted by molar-refractivity contribution is 6.62. The summed E-state index contributed by atoms with van der Waals surface area (Å²) in [6.07, 6.45) is 8.91. The number of hydrogen-bond acceptors (Lipinski definition) is 3. The van der Waals surface area contributed by atoms with Gasteiger partial charge in [0.05, 0.1) is 17.2 Å². The Kier molecular flexibility index (Phi) is 3.87. The molecule has 0 radical (unpaired) electrons. The van der Waals surface area contributed by atoms with Crippen LogP contribution in [0.15, 0.2) is 72.8 Å². The van der Waals surface area contributed by atoms with E-state index >= 15 is 0 Å². The number of nitrogens with zero attached hydrogens (tertiary/aromatic N) is 1. The Morgan fingerprint density at radius 1 is 0.857 bits per heavy atom. The Morgan fingerprint density at radius 2 is 1.54 bits per heavy atom. The first kappa shape index (κ1) is 17.8. The average Bonchev–Trinajstić information content (AvgIpc) is 3.12. The van der Waals surface area contributed by atoms with E-state index in [-0.39, 0.29) is 18.3 Å². The van der Waals surface area contributed by atoms with Crippen molar-refractivity contribution in [3.8, 4) is 0 Å². The van der Waals surface area contributed by atoms with Crippen molar-refractivity contribution in [3.63, 3.8) is 0 Å². The van der Waals surface area contributed by atoms with E-state index in [1.165, 1.54) is 16.9 Å². The second-order valence-corrected chi connectivity index (χ2v) is 8.90. The van der Waals surface area contributed by atoms with Gasteiger partial charge in [-0.15, -0.1) is 0 Å². The Labute approximate surface area is 167 Å².